The SMILES string of the molecule is CCN(CC)CC(CN)c1ccncc1. The predicted molar refractivity (Wildman–Crippen MR) is 63.8 cm³/mol. The second-order valence-corrected chi connectivity index (χ2v) is 3.70. The standard InChI is InChI=1S/C12H21N3/c1-3-15(4-2)10-12(9-13)11-5-7-14-8-6-11/h5-8,12H,3-4,9-10,13H2,1-2H3. The monoisotopic (exact) mass is 207 g/mol. The van der Waals surface area contributed by atoms with E-state index in [2.05, 4.69) is 35.9 Å². The van der Waals surface area contributed by atoms with Crippen LogP contribution in [0.2, 0.25) is 0 Å². The summed E-state index contributed by atoms with van der Waals surface area (Å²) in [5.74, 6) is 0.424. The molecule has 1 aromatic heterocycles. The van der Waals surface area contributed by atoms with E-state index in [1.54, 1.807) is 0 Å². The molecule has 0 spiro atoms. The van der Waals surface area contributed by atoms with Gasteiger partial charge in [-0.1, -0.05) is 13.8 Å². The molecule has 1 unspecified atom stereocenters. The van der Waals surface area contributed by atoms with Crippen molar-refractivity contribution in [3.63, 3.8) is 0 Å². The zero-order valence-electron chi connectivity index (χ0n) is 9.69. The third kappa shape index (κ3) is 3.61. The second-order valence-electron chi connectivity index (χ2n) is 3.70. The van der Waals surface area contributed by atoms with Gasteiger partial charge in [0.2, 0.25) is 0 Å². The lowest BCUT2D eigenvalue weighted by molar-refractivity contribution is 0.284. The summed E-state index contributed by atoms with van der Waals surface area (Å²) in [6, 6.07) is 4.11. The second kappa shape index (κ2) is 6.53. The minimum atomic E-state index is 0.424. The van der Waals surface area contributed by atoms with E-state index in [9.17, 15) is 0 Å². The molecule has 15 heavy (non-hydrogen) atoms. The molecule has 0 saturated heterocycles. The number of pyridine rings is 1. The highest BCUT2D eigenvalue weighted by atomic mass is 15.1. The Hall–Kier alpha value is -0.930. The van der Waals surface area contributed by atoms with Crippen molar-refractivity contribution in [2.45, 2.75) is 19.8 Å². The van der Waals surface area contributed by atoms with Crippen LogP contribution in [0.15, 0.2) is 24.5 Å². The number of aromatic nitrogens is 1. The summed E-state index contributed by atoms with van der Waals surface area (Å²) >= 11 is 0. The van der Waals surface area contributed by atoms with Gasteiger partial charge in [0, 0.05) is 31.4 Å². The number of hydrogen-bond acceptors (Lipinski definition) is 3. The van der Waals surface area contributed by atoms with Gasteiger partial charge >= 0.3 is 0 Å². The van der Waals surface area contributed by atoms with E-state index in [0.29, 0.717) is 12.5 Å². The van der Waals surface area contributed by atoms with Gasteiger partial charge in [-0.15, -0.1) is 0 Å². The molecule has 0 aliphatic carbocycles. The third-order valence-corrected chi connectivity index (χ3v) is 2.84. The molecule has 3 nitrogen and oxygen atoms in total. The summed E-state index contributed by atoms with van der Waals surface area (Å²) in [5.41, 5.74) is 7.11. The van der Waals surface area contributed by atoms with Crippen molar-refractivity contribution in [3.8, 4) is 0 Å². The number of likely N-dealkylation sites (N-methyl/N-ethyl adjacent to an activating group) is 1. The van der Waals surface area contributed by atoms with E-state index < -0.39 is 0 Å². The first-order valence-corrected chi connectivity index (χ1v) is 5.64. The molecule has 0 amide bonds. The average molecular weight is 207 g/mol. The largest absolute Gasteiger partial charge is 0.330 e. The molecule has 84 valence electrons. The summed E-state index contributed by atoms with van der Waals surface area (Å²) in [5, 5.41) is 0. The molecular formula is C12H21N3. The fourth-order valence-corrected chi connectivity index (χ4v) is 1.75. The molecule has 0 aliphatic rings. The maximum atomic E-state index is 5.82. The van der Waals surface area contributed by atoms with Gasteiger partial charge < -0.3 is 10.6 Å². The zero-order chi connectivity index (χ0) is 11.1. The highest BCUT2D eigenvalue weighted by Gasteiger charge is 2.12. The molecule has 1 heterocycles. The molecule has 1 rings (SSSR count). The minimum Gasteiger partial charge on any atom is -0.330 e. The van der Waals surface area contributed by atoms with E-state index in [-0.39, 0.29) is 0 Å². The molecular weight excluding hydrogens is 186 g/mol. The molecule has 0 radical (unpaired) electrons. The Morgan fingerprint density at radius 1 is 1.27 bits per heavy atom. The summed E-state index contributed by atoms with van der Waals surface area (Å²) in [6.07, 6.45) is 3.67. The van der Waals surface area contributed by atoms with Crippen LogP contribution < -0.4 is 5.73 Å². The lowest BCUT2D eigenvalue weighted by atomic mass is 10.00. The number of hydrogen-bond donors (Lipinski definition) is 1. The van der Waals surface area contributed by atoms with Gasteiger partial charge in [-0.3, -0.25) is 4.98 Å². The lowest BCUT2D eigenvalue weighted by Crippen LogP contribution is -2.31. The van der Waals surface area contributed by atoms with Gasteiger partial charge in [0.25, 0.3) is 0 Å². The average Bonchev–Trinajstić information content (AvgIpc) is 2.32. The molecule has 0 aromatic carbocycles. The van der Waals surface area contributed by atoms with Crippen LogP contribution in [0.1, 0.15) is 25.3 Å². The molecule has 1 atom stereocenters. The lowest BCUT2D eigenvalue weighted by Gasteiger charge is -2.24. The highest BCUT2D eigenvalue weighted by molar-refractivity contribution is 5.16. The summed E-state index contributed by atoms with van der Waals surface area (Å²) in [6.45, 7) is 8.26. The number of nitrogens with two attached hydrogens (primary N) is 1. The molecule has 0 bridgehead atoms. The summed E-state index contributed by atoms with van der Waals surface area (Å²) in [7, 11) is 0. The van der Waals surface area contributed by atoms with Gasteiger partial charge in [-0.05, 0) is 30.8 Å². The van der Waals surface area contributed by atoms with E-state index in [1.807, 2.05) is 12.4 Å². The molecule has 2 N–H and O–H groups in total. The maximum Gasteiger partial charge on any atom is 0.0270 e. The predicted octanol–water partition coefficient (Wildman–Crippen LogP) is 1.47. The normalized spacial score (nSPS) is 13.1. The third-order valence-electron chi connectivity index (χ3n) is 2.84. The Morgan fingerprint density at radius 2 is 1.87 bits per heavy atom. The van der Waals surface area contributed by atoms with E-state index in [0.717, 1.165) is 19.6 Å². The smallest absolute Gasteiger partial charge is 0.0270 e. The van der Waals surface area contributed by atoms with Crippen molar-refractivity contribution in [1.29, 1.82) is 0 Å². The van der Waals surface area contributed by atoms with Crippen molar-refractivity contribution >= 4 is 0 Å². The Balaban J connectivity index is 2.64. The van der Waals surface area contributed by atoms with Gasteiger partial charge in [-0.25, -0.2) is 0 Å². The van der Waals surface area contributed by atoms with Crippen molar-refractivity contribution in [1.82, 2.24) is 9.88 Å². The fourth-order valence-electron chi connectivity index (χ4n) is 1.75. The maximum absolute atomic E-state index is 5.82. The number of nitrogens with zero attached hydrogens (tertiary/aromatic N) is 2. The van der Waals surface area contributed by atoms with Crippen LogP contribution in [0, 0.1) is 0 Å². The Bertz CT molecular complexity index is 257. The molecule has 3 heteroatoms. The van der Waals surface area contributed by atoms with Crippen LogP contribution in [0.5, 0.6) is 0 Å². The van der Waals surface area contributed by atoms with Crippen molar-refractivity contribution in [3.05, 3.63) is 30.1 Å². The minimum absolute atomic E-state index is 0.424. The molecule has 0 aliphatic heterocycles. The summed E-state index contributed by atoms with van der Waals surface area (Å²) < 4.78 is 0. The van der Waals surface area contributed by atoms with Crippen LogP contribution in [0.4, 0.5) is 0 Å². The fraction of sp³-hybridized carbons (Fsp3) is 0.583. The van der Waals surface area contributed by atoms with E-state index in [1.165, 1.54) is 5.56 Å². The highest BCUT2D eigenvalue weighted by Crippen LogP contribution is 2.14. The van der Waals surface area contributed by atoms with Crippen molar-refractivity contribution < 1.29 is 0 Å². The Morgan fingerprint density at radius 3 is 2.33 bits per heavy atom. The van der Waals surface area contributed by atoms with Gasteiger partial charge in [0.1, 0.15) is 0 Å². The van der Waals surface area contributed by atoms with Crippen LogP contribution in [-0.2, 0) is 0 Å². The summed E-state index contributed by atoms with van der Waals surface area (Å²) in [4.78, 5) is 6.43. The van der Waals surface area contributed by atoms with E-state index in [4.69, 9.17) is 5.73 Å². The first kappa shape index (κ1) is 12.1. The Kier molecular flexibility index (Phi) is 5.29. The molecule has 0 fully saturated rings. The van der Waals surface area contributed by atoms with Gasteiger partial charge in [-0.2, -0.15) is 0 Å². The van der Waals surface area contributed by atoms with Gasteiger partial charge in [0.15, 0.2) is 0 Å². The number of rotatable bonds is 6. The first-order chi connectivity index (χ1) is 7.31. The van der Waals surface area contributed by atoms with Crippen LogP contribution in [0.3, 0.4) is 0 Å². The van der Waals surface area contributed by atoms with Crippen molar-refractivity contribution in [2.75, 3.05) is 26.2 Å². The van der Waals surface area contributed by atoms with Crippen molar-refractivity contribution in [2.24, 2.45) is 5.73 Å². The zero-order valence-corrected chi connectivity index (χ0v) is 9.69. The molecule has 1 aromatic rings. The topological polar surface area (TPSA) is 42.1 Å². The van der Waals surface area contributed by atoms with Gasteiger partial charge in [0.05, 0.1) is 0 Å². The van der Waals surface area contributed by atoms with E-state index >= 15 is 0 Å². The quantitative estimate of drug-likeness (QED) is 0.768. The van der Waals surface area contributed by atoms with Crippen LogP contribution in [-0.4, -0.2) is 36.1 Å². The van der Waals surface area contributed by atoms with Crippen LogP contribution >= 0.6 is 0 Å². The Labute approximate surface area is 92.3 Å². The molecule has 0 saturated carbocycles. The first-order valence-electron chi connectivity index (χ1n) is 5.64. The van der Waals surface area contributed by atoms with Crippen LogP contribution in [0.25, 0.3) is 0 Å².